The zero-order valence-electron chi connectivity index (χ0n) is 18.5. The molecule has 1 aliphatic heterocycles. The molecule has 31 heavy (non-hydrogen) atoms. The molecule has 1 aliphatic carbocycles. The molecule has 3 unspecified atom stereocenters. The molecule has 0 radical (unpaired) electrons. The zero-order chi connectivity index (χ0) is 22.9. The molecule has 2 N–H and O–H groups in total. The van der Waals surface area contributed by atoms with Gasteiger partial charge in [-0.3, -0.25) is 0 Å². The first-order valence-corrected chi connectivity index (χ1v) is 12.2. The Labute approximate surface area is 192 Å². The minimum absolute atomic E-state index is 0.227. The van der Waals surface area contributed by atoms with Crippen LogP contribution in [0.15, 0.2) is 17.1 Å². The van der Waals surface area contributed by atoms with Crippen molar-refractivity contribution in [3.8, 4) is 29.4 Å². The Morgan fingerprint density at radius 3 is 2.06 bits per heavy atom. The summed E-state index contributed by atoms with van der Waals surface area (Å²) in [7, 11) is 4.63. The molecule has 1 saturated carbocycles. The minimum atomic E-state index is -1.21. The summed E-state index contributed by atoms with van der Waals surface area (Å²) >= 11 is 3.23. The molecule has 1 fully saturated rings. The van der Waals surface area contributed by atoms with E-state index in [4.69, 9.17) is 24.9 Å². The van der Waals surface area contributed by atoms with E-state index in [1.807, 2.05) is 6.07 Å². The van der Waals surface area contributed by atoms with E-state index in [2.05, 4.69) is 26.0 Å². The topological polar surface area (TPSA) is 114 Å². The zero-order valence-corrected chi connectivity index (χ0v) is 20.2. The quantitative estimate of drug-likeness (QED) is 0.518. The molecule has 1 heterocycles. The molecule has 2 aliphatic rings. The highest BCUT2D eigenvalue weighted by Gasteiger charge is 2.92. The molecule has 7 nitrogen and oxygen atoms in total. The number of hydrogen-bond donors (Lipinski definition) is 1. The summed E-state index contributed by atoms with van der Waals surface area (Å²) in [5.41, 5.74) is 4.83. The van der Waals surface area contributed by atoms with Crippen LogP contribution in [0, 0.1) is 33.5 Å². The number of nitriles is 2. The van der Waals surface area contributed by atoms with E-state index >= 15 is 0 Å². The lowest BCUT2D eigenvalue weighted by molar-refractivity contribution is 0.321. The molecule has 0 aromatic heterocycles. The third-order valence-electron chi connectivity index (χ3n) is 5.98. The molecule has 0 amide bonds. The van der Waals surface area contributed by atoms with Crippen LogP contribution < -0.4 is 19.9 Å². The number of benzene rings is 1. The van der Waals surface area contributed by atoms with Gasteiger partial charge in [-0.15, -0.1) is 23.5 Å². The lowest BCUT2D eigenvalue weighted by Crippen LogP contribution is -2.32. The second kappa shape index (κ2) is 8.72. The van der Waals surface area contributed by atoms with Gasteiger partial charge in [-0.2, -0.15) is 10.5 Å². The molecular formula is C22H28N4O3S2. The monoisotopic (exact) mass is 460 g/mol. The average Bonchev–Trinajstić information content (AvgIpc) is 3.37. The fourth-order valence-electron chi connectivity index (χ4n) is 4.66. The van der Waals surface area contributed by atoms with Gasteiger partial charge in [0.25, 0.3) is 0 Å². The Kier molecular flexibility index (Phi) is 6.59. The predicted octanol–water partition coefficient (Wildman–Crippen LogP) is 4.14. The summed E-state index contributed by atoms with van der Waals surface area (Å²) in [6.45, 7) is 4.18. The molecule has 0 saturated heterocycles. The van der Waals surface area contributed by atoms with Crippen molar-refractivity contribution < 1.29 is 14.2 Å². The SMILES string of the molecule is CCCSC1(SCCC)N=C(N)C2(C#N)C(c3ccc(OC)c(OC)c3OC)C12C#N. The lowest BCUT2D eigenvalue weighted by atomic mass is 9.97. The first-order chi connectivity index (χ1) is 14.9. The highest BCUT2D eigenvalue weighted by molar-refractivity contribution is 8.18. The first-order valence-electron chi connectivity index (χ1n) is 10.2. The Hall–Kier alpha value is -2.23. The van der Waals surface area contributed by atoms with E-state index in [9.17, 15) is 10.5 Å². The number of nitrogens with zero attached hydrogens (tertiary/aromatic N) is 3. The van der Waals surface area contributed by atoms with Gasteiger partial charge in [0.1, 0.15) is 16.7 Å². The lowest BCUT2D eigenvalue weighted by Gasteiger charge is -2.32. The highest BCUT2D eigenvalue weighted by atomic mass is 32.2. The van der Waals surface area contributed by atoms with E-state index in [0.717, 1.165) is 24.3 Å². The van der Waals surface area contributed by atoms with Crippen LogP contribution in [0.2, 0.25) is 0 Å². The smallest absolute Gasteiger partial charge is 0.203 e. The summed E-state index contributed by atoms with van der Waals surface area (Å²) in [5, 5.41) is 20.9. The Balaban J connectivity index is 2.26. The van der Waals surface area contributed by atoms with Crippen LogP contribution in [-0.4, -0.2) is 42.9 Å². The number of methoxy groups -OCH3 is 3. The molecule has 1 aromatic rings. The molecule has 0 bridgehead atoms. The maximum atomic E-state index is 10.6. The summed E-state index contributed by atoms with van der Waals surface area (Å²) < 4.78 is 15.8. The minimum Gasteiger partial charge on any atom is -0.493 e. The average molecular weight is 461 g/mol. The van der Waals surface area contributed by atoms with Gasteiger partial charge in [-0.1, -0.05) is 19.9 Å². The second-order valence-corrected chi connectivity index (χ2v) is 10.3. The number of thioether (sulfide) groups is 2. The van der Waals surface area contributed by atoms with Gasteiger partial charge in [0, 0.05) is 11.5 Å². The van der Waals surface area contributed by atoms with Crippen LogP contribution in [0.4, 0.5) is 0 Å². The second-order valence-electron chi connectivity index (χ2n) is 7.47. The standard InChI is InChI=1S/C22H28N4O3S2/c1-6-10-30-22(31-11-7-2)21(13-24)18(20(21,12-23)19(25)26-22)14-8-9-15(27-3)17(29-5)16(14)28-4/h8-9,18H,6-7,10-11H2,1-5H3,(H2,25,26). The fourth-order valence-corrected chi connectivity index (χ4v) is 7.88. The molecule has 0 spiro atoms. The maximum absolute atomic E-state index is 10.6. The number of hydrogen-bond acceptors (Lipinski definition) is 9. The van der Waals surface area contributed by atoms with Gasteiger partial charge in [0.05, 0.1) is 33.5 Å². The van der Waals surface area contributed by atoms with Crippen LogP contribution in [0.3, 0.4) is 0 Å². The Bertz CT molecular complexity index is 963. The number of amidine groups is 1. The van der Waals surface area contributed by atoms with Gasteiger partial charge in [0.2, 0.25) is 5.75 Å². The maximum Gasteiger partial charge on any atom is 0.203 e. The molecular weight excluding hydrogens is 432 g/mol. The summed E-state index contributed by atoms with van der Waals surface area (Å²) in [5.74, 6) is 2.76. The van der Waals surface area contributed by atoms with E-state index in [0.29, 0.717) is 22.8 Å². The predicted molar refractivity (Wildman–Crippen MR) is 125 cm³/mol. The van der Waals surface area contributed by atoms with Crippen LogP contribution in [0.25, 0.3) is 0 Å². The number of nitrogens with two attached hydrogens (primary N) is 1. The third kappa shape index (κ3) is 2.90. The normalized spacial score (nSPS) is 27.5. The number of ether oxygens (including phenoxy) is 3. The van der Waals surface area contributed by atoms with Crippen molar-refractivity contribution in [1.82, 2.24) is 0 Å². The number of fused-ring (bicyclic) bond motifs is 1. The van der Waals surface area contributed by atoms with Crippen molar-refractivity contribution in [2.75, 3.05) is 32.8 Å². The van der Waals surface area contributed by atoms with Crippen molar-refractivity contribution in [2.45, 2.75) is 36.8 Å². The van der Waals surface area contributed by atoms with Crippen LogP contribution in [0.1, 0.15) is 38.2 Å². The first kappa shape index (κ1) is 23.4. The van der Waals surface area contributed by atoms with Crippen molar-refractivity contribution in [3.05, 3.63) is 17.7 Å². The molecule has 166 valence electrons. The van der Waals surface area contributed by atoms with E-state index in [-0.39, 0.29) is 5.84 Å². The number of rotatable bonds is 10. The molecule has 1 aromatic carbocycles. The third-order valence-corrected chi connectivity index (χ3v) is 9.52. The van der Waals surface area contributed by atoms with Gasteiger partial charge >= 0.3 is 0 Å². The van der Waals surface area contributed by atoms with Crippen LogP contribution >= 0.6 is 23.5 Å². The van der Waals surface area contributed by atoms with Crippen LogP contribution in [0.5, 0.6) is 17.2 Å². The van der Waals surface area contributed by atoms with E-state index in [1.54, 1.807) is 43.8 Å². The van der Waals surface area contributed by atoms with Crippen molar-refractivity contribution in [1.29, 1.82) is 10.5 Å². The van der Waals surface area contributed by atoms with Gasteiger partial charge in [-0.05, 0) is 30.4 Å². The Morgan fingerprint density at radius 2 is 1.61 bits per heavy atom. The van der Waals surface area contributed by atoms with Crippen molar-refractivity contribution in [3.63, 3.8) is 0 Å². The summed E-state index contributed by atoms with van der Waals surface area (Å²) in [6, 6.07) is 8.54. The van der Waals surface area contributed by atoms with E-state index < -0.39 is 21.0 Å². The van der Waals surface area contributed by atoms with Gasteiger partial charge < -0.3 is 19.9 Å². The molecule has 3 atom stereocenters. The largest absolute Gasteiger partial charge is 0.493 e. The summed E-state index contributed by atoms with van der Waals surface area (Å²) in [4.78, 5) is 4.80. The van der Waals surface area contributed by atoms with Crippen molar-refractivity contribution >= 4 is 29.4 Å². The van der Waals surface area contributed by atoms with Gasteiger partial charge in [0.15, 0.2) is 15.7 Å². The fraction of sp³-hybridized carbons (Fsp3) is 0.591. The molecule has 9 heteroatoms. The number of aliphatic imine (C=N–C) groups is 1. The Morgan fingerprint density at radius 1 is 1.00 bits per heavy atom. The highest BCUT2D eigenvalue weighted by Crippen LogP contribution is 2.86. The summed E-state index contributed by atoms with van der Waals surface area (Å²) in [6.07, 6.45) is 1.86. The molecule has 3 rings (SSSR count). The van der Waals surface area contributed by atoms with E-state index in [1.165, 1.54) is 7.11 Å². The van der Waals surface area contributed by atoms with Crippen LogP contribution in [-0.2, 0) is 0 Å². The van der Waals surface area contributed by atoms with Gasteiger partial charge in [-0.25, -0.2) is 4.99 Å². The van der Waals surface area contributed by atoms with Crippen molar-refractivity contribution in [2.24, 2.45) is 21.6 Å².